The molecular weight excluding hydrogens is 126 g/mol. The Morgan fingerprint density at radius 1 is 1.40 bits per heavy atom. The summed E-state index contributed by atoms with van der Waals surface area (Å²) in [5.74, 6) is 0. The Kier molecular flexibility index (Phi) is 2.02. The van der Waals surface area contributed by atoms with Gasteiger partial charge in [-0.3, -0.25) is 0 Å². The molecule has 2 nitrogen and oxygen atoms in total. The molecule has 0 aromatic carbocycles. The Morgan fingerprint density at radius 2 is 2.00 bits per heavy atom. The highest BCUT2D eigenvalue weighted by Crippen LogP contribution is 2.26. The van der Waals surface area contributed by atoms with Gasteiger partial charge in [0, 0.05) is 18.7 Å². The maximum Gasteiger partial charge on any atom is 0.0741 e. The van der Waals surface area contributed by atoms with Crippen molar-refractivity contribution in [2.75, 3.05) is 7.11 Å². The molecule has 0 saturated heterocycles. The van der Waals surface area contributed by atoms with E-state index in [4.69, 9.17) is 4.74 Å². The van der Waals surface area contributed by atoms with E-state index in [9.17, 15) is 0 Å². The van der Waals surface area contributed by atoms with Gasteiger partial charge in [0.2, 0.25) is 0 Å². The van der Waals surface area contributed by atoms with E-state index in [0.717, 1.165) is 0 Å². The van der Waals surface area contributed by atoms with Gasteiger partial charge in [-0.25, -0.2) is 0 Å². The van der Waals surface area contributed by atoms with Gasteiger partial charge in [0.25, 0.3) is 0 Å². The lowest BCUT2D eigenvalue weighted by atomic mass is 10.1. The van der Waals surface area contributed by atoms with E-state index in [1.165, 1.54) is 6.42 Å². The minimum atomic E-state index is 0.234. The van der Waals surface area contributed by atoms with Crippen LogP contribution in [0.4, 0.5) is 0 Å². The summed E-state index contributed by atoms with van der Waals surface area (Å²) in [5, 5.41) is 3.47. The van der Waals surface area contributed by atoms with E-state index in [1.54, 1.807) is 7.11 Å². The monoisotopic (exact) mass is 143 g/mol. The topological polar surface area (TPSA) is 21.3 Å². The zero-order chi connectivity index (χ0) is 7.78. The summed E-state index contributed by atoms with van der Waals surface area (Å²) in [6, 6.07) is 0.602. The molecule has 0 amide bonds. The van der Waals surface area contributed by atoms with Crippen molar-refractivity contribution < 1.29 is 4.74 Å². The van der Waals surface area contributed by atoms with Crippen LogP contribution in [0.15, 0.2) is 0 Å². The second-order valence-corrected chi connectivity index (χ2v) is 4.01. The summed E-state index contributed by atoms with van der Waals surface area (Å²) < 4.78 is 5.16. The third-order valence-electron chi connectivity index (χ3n) is 1.65. The molecule has 2 unspecified atom stereocenters. The molecule has 1 saturated carbocycles. The van der Waals surface area contributed by atoms with Crippen molar-refractivity contribution in [3.05, 3.63) is 0 Å². The Hall–Kier alpha value is -0.0800. The van der Waals surface area contributed by atoms with Gasteiger partial charge in [-0.2, -0.15) is 0 Å². The highest BCUT2D eigenvalue weighted by molar-refractivity contribution is 4.97. The molecule has 1 rings (SSSR count). The number of nitrogens with one attached hydrogen (secondary N) is 1. The Balaban J connectivity index is 2.18. The summed E-state index contributed by atoms with van der Waals surface area (Å²) in [7, 11) is 1.77. The fourth-order valence-corrected chi connectivity index (χ4v) is 1.14. The van der Waals surface area contributed by atoms with Crippen LogP contribution in [-0.4, -0.2) is 24.8 Å². The SMILES string of the molecule is COC1CC1NC(C)(C)C. The average Bonchev–Trinajstić information content (AvgIpc) is 2.42. The summed E-state index contributed by atoms with van der Waals surface area (Å²) in [6.45, 7) is 6.54. The average molecular weight is 143 g/mol. The lowest BCUT2D eigenvalue weighted by Gasteiger charge is -2.20. The van der Waals surface area contributed by atoms with Gasteiger partial charge in [0.1, 0.15) is 0 Å². The molecule has 0 aromatic heterocycles. The molecule has 0 spiro atoms. The summed E-state index contributed by atoms with van der Waals surface area (Å²) in [6.07, 6.45) is 1.65. The normalized spacial score (nSPS) is 32.4. The van der Waals surface area contributed by atoms with Gasteiger partial charge in [-0.1, -0.05) is 0 Å². The van der Waals surface area contributed by atoms with Crippen molar-refractivity contribution in [2.45, 2.75) is 44.9 Å². The van der Waals surface area contributed by atoms with E-state index in [0.29, 0.717) is 12.1 Å². The molecule has 1 N–H and O–H groups in total. The molecule has 2 heteroatoms. The largest absolute Gasteiger partial charge is 0.380 e. The van der Waals surface area contributed by atoms with Gasteiger partial charge < -0.3 is 10.1 Å². The van der Waals surface area contributed by atoms with Gasteiger partial charge in [0.05, 0.1) is 6.10 Å². The van der Waals surface area contributed by atoms with Crippen molar-refractivity contribution in [1.29, 1.82) is 0 Å². The highest BCUT2D eigenvalue weighted by Gasteiger charge is 2.39. The zero-order valence-corrected chi connectivity index (χ0v) is 7.27. The minimum Gasteiger partial charge on any atom is -0.380 e. The molecule has 1 fully saturated rings. The number of methoxy groups -OCH3 is 1. The van der Waals surface area contributed by atoms with Crippen LogP contribution in [0.25, 0.3) is 0 Å². The molecule has 60 valence electrons. The molecule has 2 atom stereocenters. The summed E-state index contributed by atoms with van der Waals surface area (Å²) in [4.78, 5) is 0. The van der Waals surface area contributed by atoms with E-state index < -0.39 is 0 Å². The smallest absolute Gasteiger partial charge is 0.0741 e. The predicted octanol–water partition coefficient (Wildman–Crippen LogP) is 1.16. The van der Waals surface area contributed by atoms with Crippen LogP contribution in [0.3, 0.4) is 0 Å². The number of hydrogen-bond donors (Lipinski definition) is 1. The quantitative estimate of drug-likeness (QED) is 0.626. The Bertz CT molecular complexity index is 117. The zero-order valence-electron chi connectivity index (χ0n) is 7.27. The maximum atomic E-state index is 5.16. The van der Waals surface area contributed by atoms with Crippen molar-refractivity contribution in [3.63, 3.8) is 0 Å². The van der Waals surface area contributed by atoms with Crippen LogP contribution >= 0.6 is 0 Å². The first-order valence-electron chi connectivity index (χ1n) is 3.83. The molecular formula is C8H17NO. The fourth-order valence-electron chi connectivity index (χ4n) is 1.14. The van der Waals surface area contributed by atoms with Gasteiger partial charge in [0.15, 0.2) is 0 Å². The van der Waals surface area contributed by atoms with Crippen molar-refractivity contribution >= 4 is 0 Å². The molecule has 0 aliphatic heterocycles. The standard InChI is InChI=1S/C8H17NO/c1-8(2,3)9-6-5-7(6)10-4/h6-7,9H,5H2,1-4H3. The second-order valence-electron chi connectivity index (χ2n) is 4.01. The second kappa shape index (κ2) is 2.51. The maximum absolute atomic E-state index is 5.16. The Morgan fingerprint density at radius 3 is 2.30 bits per heavy atom. The van der Waals surface area contributed by atoms with Crippen LogP contribution in [-0.2, 0) is 4.74 Å². The van der Waals surface area contributed by atoms with E-state index >= 15 is 0 Å². The number of ether oxygens (including phenoxy) is 1. The van der Waals surface area contributed by atoms with Gasteiger partial charge >= 0.3 is 0 Å². The van der Waals surface area contributed by atoms with E-state index in [2.05, 4.69) is 26.1 Å². The van der Waals surface area contributed by atoms with Crippen LogP contribution in [0.5, 0.6) is 0 Å². The number of rotatable bonds is 2. The first kappa shape index (κ1) is 8.02. The van der Waals surface area contributed by atoms with Crippen molar-refractivity contribution in [2.24, 2.45) is 0 Å². The third-order valence-corrected chi connectivity index (χ3v) is 1.65. The van der Waals surface area contributed by atoms with Crippen LogP contribution in [0.2, 0.25) is 0 Å². The van der Waals surface area contributed by atoms with Gasteiger partial charge in [-0.15, -0.1) is 0 Å². The van der Waals surface area contributed by atoms with Crippen LogP contribution in [0.1, 0.15) is 27.2 Å². The Labute approximate surface area is 63.0 Å². The lowest BCUT2D eigenvalue weighted by molar-refractivity contribution is 0.169. The third kappa shape index (κ3) is 2.27. The predicted molar refractivity (Wildman–Crippen MR) is 42.1 cm³/mol. The van der Waals surface area contributed by atoms with Crippen LogP contribution < -0.4 is 5.32 Å². The first-order valence-corrected chi connectivity index (χ1v) is 3.83. The van der Waals surface area contributed by atoms with Crippen molar-refractivity contribution in [1.82, 2.24) is 5.32 Å². The minimum absolute atomic E-state index is 0.234. The summed E-state index contributed by atoms with van der Waals surface area (Å²) in [5.41, 5.74) is 0.234. The van der Waals surface area contributed by atoms with E-state index in [-0.39, 0.29) is 5.54 Å². The van der Waals surface area contributed by atoms with Crippen LogP contribution in [0, 0.1) is 0 Å². The van der Waals surface area contributed by atoms with Crippen molar-refractivity contribution in [3.8, 4) is 0 Å². The molecule has 0 aromatic rings. The molecule has 0 radical (unpaired) electrons. The lowest BCUT2D eigenvalue weighted by Crippen LogP contribution is -2.38. The molecule has 0 heterocycles. The first-order chi connectivity index (χ1) is 4.53. The van der Waals surface area contributed by atoms with E-state index in [1.807, 2.05) is 0 Å². The molecule has 1 aliphatic carbocycles. The van der Waals surface area contributed by atoms with Gasteiger partial charge in [-0.05, 0) is 27.2 Å². The summed E-state index contributed by atoms with van der Waals surface area (Å²) >= 11 is 0. The molecule has 0 bridgehead atoms. The number of hydrogen-bond acceptors (Lipinski definition) is 2. The fraction of sp³-hybridized carbons (Fsp3) is 1.00. The highest BCUT2D eigenvalue weighted by atomic mass is 16.5. The molecule has 1 aliphatic rings. The molecule has 10 heavy (non-hydrogen) atoms.